The van der Waals surface area contributed by atoms with E-state index in [0.29, 0.717) is 37.5 Å². The van der Waals surface area contributed by atoms with Gasteiger partial charge in [0.15, 0.2) is 5.84 Å². The quantitative estimate of drug-likeness (QED) is 0.295. The van der Waals surface area contributed by atoms with Gasteiger partial charge in [-0.15, -0.1) is 0 Å². The van der Waals surface area contributed by atoms with Crippen molar-refractivity contribution in [3.8, 4) is 12.1 Å². The van der Waals surface area contributed by atoms with Crippen molar-refractivity contribution in [2.75, 3.05) is 23.4 Å². The molecule has 0 saturated heterocycles. The van der Waals surface area contributed by atoms with Crippen LogP contribution in [0.4, 0.5) is 11.4 Å². The number of amidine groups is 1. The van der Waals surface area contributed by atoms with Crippen LogP contribution in [0.1, 0.15) is 36.5 Å². The minimum atomic E-state index is -0.652. The lowest BCUT2D eigenvalue weighted by Crippen LogP contribution is -2.30. The molecule has 188 valence electrons. The van der Waals surface area contributed by atoms with Gasteiger partial charge < -0.3 is 10.6 Å². The number of allylic oxidation sites excluding steroid dienone is 3. The Morgan fingerprint density at radius 3 is 2.32 bits per heavy atom. The van der Waals surface area contributed by atoms with E-state index in [1.807, 2.05) is 80.3 Å². The molecule has 0 aliphatic heterocycles. The van der Waals surface area contributed by atoms with Crippen LogP contribution in [0.15, 0.2) is 76.4 Å². The highest BCUT2D eigenvalue weighted by molar-refractivity contribution is 6.18. The zero-order chi connectivity index (χ0) is 26.8. The smallest absolute Gasteiger partial charge is 0.230 e. The van der Waals surface area contributed by atoms with Crippen molar-refractivity contribution in [3.63, 3.8) is 0 Å². The van der Waals surface area contributed by atoms with Gasteiger partial charge in [0.25, 0.3) is 0 Å². The van der Waals surface area contributed by atoms with Crippen LogP contribution >= 0.6 is 0 Å². The zero-order valence-electron chi connectivity index (χ0n) is 21.4. The summed E-state index contributed by atoms with van der Waals surface area (Å²) in [6, 6.07) is 18.0. The number of rotatable bonds is 9. The number of anilines is 2. The van der Waals surface area contributed by atoms with Gasteiger partial charge in [0.1, 0.15) is 0 Å². The van der Waals surface area contributed by atoms with Gasteiger partial charge in [0.2, 0.25) is 5.91 Å². The minimum Gasteiger partial charge on any atom is -0.369 e. The number of aliphatic imine (C=N–C) groups is 1. The summed E-state index contributed by atoms with van der Waals surface area (Å²) in [6.45, 7) is 6.97. The summed E-state index contributed by atoms with van der Waals surface area (Å²) in [5.41, 5.74) is 14.8. The molecule has 0 radical (unpaired) electrons. The fourth-order valence-electron chi connectivity index (χ4n) is 3.91. The number of hydrogen-bond donors (Lipinski definition) is 2. The predicted molar refractivity (Wildman–Crippen MR) is 148 cm³/mol. The van der Waals surface area contributed by atoms with E-state index in [2.05, 4.69) is 22.7 Å². The first kappa shape index (κ1) is 26.9. The highest BCUT2D eigenvalue weighted by Gasteiger charge is 2.22. The number of carbonyl (C=O) groups excluding carboxylic acids is 1. The van der Waals surface area contributed by atoms with Crippen LogP contribution in [0.25, 0.3) is 0 Å². The third kappa shape index (κ3) is 7.39. The van der Waals surface area contributed by atoms with Gasteiger partial charge in [-0.1, -0.05) is 29.8 Å². The molecule has 2 aromatic carbocycles. The van der Waals surface area contributed by atoms with E-state index in [1.54, 1.807) is 6.08 Å². The van der Waals surface area contributed by atoms with E-state index in [-0.39, 0.29) is 0 Å². The number of nitriles is 2. The van der Waals surface area contributed by atoms with Gasteiger partial charge in [-0.2, -0.15) is 15.6 Å². The fourth-order valence-corrected chi connectivity index (χ4v) is 3.91. The molecular weight excluding hydrogens is 462 g/mol. The molecule has 1 amide bonds. The predicted octanol–water partition coefficient (Wildman–Crippen LogP) is 4.77. The van der Waals surface area contributed by atoms with Crippen LogP contribution in [0.3, 0.4) is 0 Å². The molecule has 1 atom stereocenters. The summed E-state index contributed by atoms with van der Waals surface area (Å²) in [4.78, 5) is 18.9. The SMILES string of the molecule is CC1=CC(=NC(=NNc2ccc(C)cc2)c2ccc(N(CCC#N)CCC#N)cc2C)C(C(N)=O)C=C1. The van der Waals surface area contributed by atoms with Gasteiger partial charge in [0, 0.05) is 24.3 Å². The largest absolute Gasteiger partial charge is 0.369 e. The Kier molecular flexibility index (Phi) is 9.35. The monoisotopic (exact) mass is 493 g/mol. The van der Waals surface area contributed by atoms with Crippen molar-refractivity contribution >= 4 is 28.8 Å². The molecule has 0 spiro atoms. The van der Waals surface area contributed by atoms with Crippen LogP contribution in [0.5, 0.6) is 0 Å². The number of nitrogens with zero attached hydrogens (tertiary/aromatic N) is 5. The molecular formula is C29H31N7O. The summed E-state index contributed by atoms with van der Waals surface area (Å²) in [6.07, 6.45) is 6.17. The second-order valence-corrected chi connectivity index (χ2v) is 8.88. The number of carbonyl (C=O) groups is 1. The Balaban J connectivity index is 2.05. The third-order valence-corrected chi connectivity index (χ3v) is 5.93. The van der Waals surface area contributed by atoms with Crippen molar-refractivity contribution in [2.45, 2.75) is 33.6 Å². The van der Waals surface area contributed by atoms with E-state index in [0.717, 1.165) is 33.6 Å². The molecule has 3 rings (SSSR count). The molecule has 8 nitrogen and oxygen atoms in total. The Labute approximate surface area is 218 Å². The molecule has 1 aliphatic carbocycles. The van der Waals surface area contributed by atoms with E-state index in [4.69, 9.17) is 21.2 Å². The van der Waals surface area contributed by atoms with Gasteiger partial charge in [-0.3, -0.25) is 10.2 Å². The first-order valence-corrected chi connectivity index (χ1v) is 12.1. The molecule has 0 saturated carbocycles. The van der Waals surface area contributed by atoms with Crippen molar-refractivity contribution < 1.29 is 4.79 Å². The topological polar surface area (TPSA) is 131 Å². The van der Waals surface area contributed by atoms with Crippen LogP contribution in [-0.2, 0) is 4.79 Å². The van der Waals surface area contributed by atoms with Crippen LogP contribution < -0.4 is 16.1 Å². The standard InChI is InChI=1S/C29H31N7O/c1-20-6-9-23(10-7-20)34-35-29(33-27-18-21(2)8-12-26(27)28(32)37)25-13-11-24(19-22(25)3)36(16-4-14-30)17-5-15-31/h6-13,18-19,26,34H,4-5,16-17H2,1-3H3,(H2,32,37). The average Bonchev–Trinajstić information content (AvgIpc) is 2.87. The van der Waals surface area contributed by atoms with E-state index < -0.39 is 11.8 Å². The van der Waals surface area contributed by atoms with E-state index in [1.165, 1.54) is 0 Å². The first-order chi connectivity index (χ1) is 17.8. The molecule has 8 heteroatoms. The molecule has 37 heavy (non-hydrogen) atoms. The van der Waals surface area contributed by atoms with Crippen LogP contribution in [0, 0.1) is 42.4 Å². The molecule has 0 bridgehead atoms. The minimum absolute atomic E-state index is 0.362. The van der Waals surface area contributed by atoms with Crippen molar-refractivity contribution in [3.05, 3.63) is 83.0 Å². The molecule has 0 fully saturated rings. The van der Waals surface area contributed by atoms with Crippen molar-refractivity contribution in [1.82, 2.24) is 0 Å². The molecule has 1 unspecified atom stereocenters. The molecule has 1 aliphatic rings. The second kappa shape index (κ2) is 12.9. The maximum absolute atomic E-state index is 12.1. The van der Waals surface area contributed by atoms with Gasteiger partial charge in [-0.05, 0) is 68.3 Å². The highest BCUT2D eigenvalue weighted by Crippen LogP contribution is 2.23. The Morgan fingerprint density at radius 1 is 1.05 bits per heavy atom. The molecule has 3 N–H and O–H groups in total. The molecule has 2 aromatic rings. The Bertz CT molecular complexity index is 1320. The van der Waals surface area contributed by atoms with E-state index >= 15 is 0 Å². The zero-order valence-corrected chi connectivity index (χ0v) is 21.4. The lowest BCUT2D eigenvalue weighted by Gasteiger charge is -2.24. The number of hydrogen-bond acceptors (Lipinski definition) is 6. The number of nitrogens with two attached hydrogens (primary N) is 1. The van der Waals surface area contributed by atoms with Crippen molar-refractivity contribution in [1.29, 1.82) is 10.5 Å². The average molecular weight is 494 g/mol. The maximum Gasteiger partial charge on any atom is 0.230 e. The molecule has 0 aromatic heterocycles. The number of nitrogens with one attached hydrogen (secondary N) is 1. The van der Waals surface area contributed by atoms with E-state index in [9.17, 15) is 4.79 Å². The number of benzene rings is 2. The number of aryl methyl sites for hydroxylation is 2. The van der Waals surface area contributed by atoms with Gasteiger partial charge >= 0.3 is 0 Å². The summed E-state index contributed by atoms with van der Waals surface area (Å²) < 4.78 is 0. The van der Waals surface area contributed by atoms with Crippen molar-refractivity contribution in [2.24, 2.45) is 21.7 Å². The Morgan fingerprint density at radius 2 is 1.73 bits per heavy atom. The highest BCUT2D eigenvalue weighted by atomic mass is 16.1. The molecule has 0 heterocycles. The van der Waals surface area contributed by atoms with Gasteiger partial charge in [0.05, 0.1) is 42.3 Å². The van der Waals surface area contributed by atoms with Crippen LogP contribution in [0.2, 0.25) is 0 Å². The van der Waals surface area contributed by atoms with Gasteiger partial charge in [-0.25, -0.2) is 4.99 Å². The summed E-state index contributed by atoms with van der Waals surface area (Å²) in [5, 5.41) is 22.7. The normalized spacial score (nSPS) is 16.0. The number of amides is 1. The number of hydrazone groups is 1. The second-order valence-electron chi connectivity index (χ2n) is 8.88. The lowest BCUT2D eigenvalue weighted by molar-refractivity contribution is -0.118. The third-order valence-electron chi connectivity index (χ3n) is 5.93. The fraction of sp³-hybridized carbons (Fsp3) is 0.276. The number of primary amides is 1. The summed E-state index contributed by atoms with van der Waals surface area (Å²) in [7, 11) is 0. The maximum atomic E-state index is 12.1. The van der Waals surface area contributed by atoms with Crippen LogP contribution in [-0.4, -0.2) is 30.5 Å². The summed E-state index contributed by atoms with van der Waals surface area (Å²) in [5.74, 6) is -0.728. The first-order valence-electron chi connectivity index (χ1n) is 12.1. The lowest BCUT2D eigenvalue weighted by atomic mass is 9.94. The Hall–Kier alpha value is -4.69. The summed E-state index contributed by atoms with van der Waals surface area (Å²) >= 11 is 0.